The van der Waals surface area contributed by atoms with Gasteiger partial charge in [-0.1, -0.05) is 19.1 Å². The molecule has 3 aromatic rings. The minimum atomic E-state index is 0.760. The molecule has 0 radical (unpaired) electrons. The van der Waals surface area contributed by atoms with Gasteiger partial charge in [0.2, 0.25) is 0 Å². The van der Waals surface area contributed by atoms with Gasteiger partial charge in [0, 0.05) is 23.2 Å². The SMILES string of the molecule is CCNCc1cc(Nc2ncnc3ccccc23)cc(I)c1OC. The van der Waals surface area contributed by atoms with Gasteiger partial charge in [0.15, 0.2) is 0 Å². The molecule has 0 aliphatic carbocycles. The highest BCUT2D eigenvalue weighted by Gasteiger charge is 2.11. The van der Waals surface area contributed by atoms with Crippen LogP contribution >= 0.6 is 22.6 Å². The summed E-state index contributed by atoms with van der Waals surface area (Å²) in [5, 5.41) is 7.77. The molecule has 0 aliphatic rings. The van der Waals surface area contributed by atoms with Crippen LogP contribution in [0.4, 0.5) is 11.5 Å². The van der Waals surface area contributed by atoms with Crippen LogP contribution in [-0.4, -0.2) is 23.6 Å². The van der Waals surface area contributed by atoms with Gasteiger partial charge >= 0.3 is 0 Å². The van der Waals surface area contributed by atoms with Crippen molar-refractivity contribution in [1.29, 1.82) is 0 Å². The van der Waals surface area contributed by atoms with E-state index in [-0.39, 0.29) is 0 Å². The van der Waals surface area contributed by atoms with Gasteiger partial charge in [0.1, 0.15) is 17.9 Å². The zero-order valence-corrected chi connectivity index (χ0v) is 15.8. The van der Waals surface area contributed by atoms with Crippen LogP contribution in [0.3, 0.4) is 0 Å². The Morgan fingerprint density at radius 1 is 1.17 bits per heavy atom. The third kappa shape index (κ3) is 3.59. The molecule has 1 aromatic heterocycles. The van der Waals surface area contributed by atoms with E-state index < -0.39 is 0 Å². The van der Waals surface area contributed by atoms with E-state index in [1.54, 1.807) is 13.4 Å². The van der Waals surface area contributed by atoms with Gasteiger partial charge in [0.25, 0.3) is 0 Å². The quantitative estimate of drug-likeness (QED) is 0.573. The van der Waals surface area contributed by atoms with Crippen molar-refractivity contribution in [1.82, 2.24) is 15.3 Å². The molecule has 0 bridgehead atoms. The molecular formula is C18H19IN4O. The van der Waals surface area contributed by atoms with Gasteiger partial charge < -0.3 is 15.4 Å². The molecule has 2 N–H and O–H groups in total. The number of methoxy groups -OCH3 is 1. The summed E-state index contributed by atoms with van der Waals surface area (Å²) in [5.41, 5.74) is 3.02. The van der Waals surface area contributed by atoms with E-state index in [0.29, 0.717) is 0 Å². The van der Waals surface area contributed by atoms with Crippen molar-refractivity contribution in [2.45, 2.75) is 13.5 Å². The number of aromatic nitrogens is 2. The van der Waals surface area contributed by atoms with E-state index in [9.17, 15) is 0 Å². The van der Waals surface area contributed by atoms with Crippen molar-refractivity contribution in [3.8, 4) is 5.75 Å². The third-order valence-electron chi connectivity index (χ3n) is 3.70. The van der Waals surface area contributed by atoms with E-state index >= 15 is 0 Å². The van der Waals surface area contributed by atoms with Crippen molar-refractivity contribution in [3.05, 3.63) is 51.9 Å². The normalized spacial score (nSPS) is 10.8. The van der Waals surface area contributed by atoms with Gasteiger partial charge in [-0.25, -0.2) is 9.97 Å². The minimum absolute atomic E-state index is 0.760. The maximum atomic E-state index is 5.55. The van der Waals surface area contributed by atoms with Crippen LogP contribution in [0.25, 0.3) is 10.9 Å². The maximum Gasteiger partial charge on any atom is 0.141 e. The molecule has 0 unspecified atom stereocenters. The Morgan fingerprint density at radius 2 is 2.00 bits per heavy atom. The van der Waals surface area contributed by atoms with E-state index in [1.165, 1.54) is 0 Å². The second-order valence-electron chi connectivity index (χ2n) is 5.30. The Bertz CT molecular complexity index is 848. The first-order chi connectivity index (χ1) is 11.7. The molecule has 124 valence electrons. The zero-order chi connectivity index (χ0) is 16.9. The molecule has 0 saturated carbocycles. The fourth-order valence-corrected chi connectivity index (χ4v) is 3.49. The van der Waals surface area contributed by atoms with Gasteiger partial charge in [-0.3, -0.25) is 0 Å². The minimum Gasteiger partial charge on any atom is -0.495 e. The van der Waals surface area contributed by atoms with Crippen LogP contribution in [0.5, 0.6) is 5.75 Å². The van der Waals surface area contributed by atoms with Gasteiger partial charge in [0.05, 0.1) is 16.2 Å². The first-order valence-corrected chi connectivity index (χ1v) is 8.84. The van der Waals surface area contributed by atoms with Crippen LogP contribution in [0.2, 0.25) is 0 Å². The van der Waals surface area contributed by atoms with Crippen molar-refractivity contribution in [2.75, 3.05) is 19.0 Å². The molecule has 0 fully saturated rings. The fourth-order valence-electron chi connectivity index (χ4n) is 2.58. The van der Waals surface area contributed by atoms with Crippen molar-refractivity contribution in [2.24, 2.45) is 0 Å². The summed E-state index contributed by atoms with van der Waals surface area (Å²) in [6.07, 6.45) is 1.58. The monoisotopic (exact) mass is 434 g/mol. The number of hydrogen-bond acceptors (Lipinski definition) is 5. The number of hydrogen-bond donors (Lipinski definition) is 2. The van der Waals surface area contributed by atoms with Crippen molar-refractivity contribution < 1.29 is 4.74 Å². The number of fused-ring (bicyclic) bond motifs is 1. The molecular weight excluding hydrogens is 415 g/mol. The smallest absolute Gasteiger partial charge is 0.141 e. The number of benzene rings is 2. The lowest BCUT2D eigenvalue weighted by Crippen LogP contribution is -2.13. The summed E-state index contributed by atoms with van der Waals surface area (Å²) in [6, 6.07) is 12.1. The van der Waals surface area contributed by atoms with Crippen molar-refractivity contribution in [3.63, 3.8) is 0 Å². The second kappa shape index (κ2) is 7.76. The van der Waals surface area contributed by atoms with E-state index in [1.807, 2.05) is 24.3 Å². The number of halogens is 1. The molecule has 0 saturated heterocycles. The maximum absolute atomic E-state index is 5.55. The molecule has 2 aromatic carbocycles. The van der Waals surface area contributed by atoms with Crippen LogP contribution in [-0.2, 0) is 6.54 Å². The highest BCUT2D eigenvalue weighted by atomic mass is 127. The number of ether oxygens (including phenoxy) is 1. The van der Waals surface area contributed by atoms with Gasteiger partial charge in [-0.2, -0.15) is 0 Å². The molecule has 0 amide bonds. The van der Waals surface area contributed by atoms with E-state index in [0.717, 1.165) is 50.4 Å². The van der Waals surface area contributed by atoms with Crippen LogP contribution < -0.4 is 15.4 Å². The lowest BCUT2D eigenvalue weighted by Gasteiger charge is -2.15. The molecule has 5 nitrogen and oxygen atoms in total. The lowest BCUT2D eigenvalue weighted by molar-refractivity contribution is 0.405. The molecule has 1 heterocycles. The standard InChI is InChI=1S/C18H19IN4O/c1-3-20-10-12-8-13(9-15(19)17(12)24-2)23-18-14-6-4-5-7-16(14)21-11-22-18/h4-9,11,20H,3,10H2,1-2H3,(H,21,22,23). The predicted molar refractivity (Wildman–Crippen MR) is 106 cm³/mol. The lowest BCUT2D eigenvalue weighted by atomic mass is 10.1. The van der Waals surface area contributed by atoms with Gasteiger partial charge in [-0.15, -0.1) is 0 Å². The van der Waals surface area contributed by atoms with Crippen LogP contribution in [0.15, 0.2) is 42.7 Å². The van der Waals surface area contributed by atoms with E-state index in [4.69, 9.17) is 4.74 Å². The summed E-state index contributed by atoms with van der Waals surface area (Å²) in [5.74, 6) is 1.71. The van der Waals surface area contributed by atoms with Crippen molar-refractivity contribution >= 4 is 45.0 Å². The Balaban J connectivity index is 1.98. The summed E-state index contributed by atoms with van der Waals surface area (Å²) >= 11 is 2.30. The Hall–Kier alpha value is -1.93. The Kier molecular flexibility index (Phi) is 5.47. The Morgan fingerprint density at radius 3 is 2.79 bits per heavy atom. The number of para-hydroxylation sites is 1. The van der Waals surface area contributed by atoms with E-state index in [2.05, 4.69) is 62.2 Å². The summed E-state index contributed by atoms with van der Waals surface area (Å²) < 4.78 is 6.61. The molecule has 0 atom stereocenters. The highest BCUT2D eigenvalue weighted by Crippen LogP contribution is 2.31. The summed E-state index contributed by atoms with van der Waals surface area (Å²) in [7, 11) is 1.71. The first-order valence-electron chi connectivity index (χ1n) is 7.76. The van der Waals surface area contributed by atoms with Crippen LogP contribution in [0.1, 0.15) is 12.5 Å². The molecule has 6 heteroatoms. The predicted octanol–water partition coefficient (Wildman–Crippen LogP) is 4.10. The van der Waals surface area contributed by atoms with Gasteiger partial charge in [-0.05, 0) is 53.4 Å². The first kappa shape index (κ1) is 16.9. The summed E-state index contributed by atoms with van der Waals surface area (Å²) in [4.78, 5) is 8.70. The third-order valence-corrected chi connectivity index (χ3v) is 4.50. The molecule has 0 spiro atoms. The second-order valence-corrected chi connectivity index (χ2v) is 6.46. The average Bonchev–Trinajstić information content (AvgIpc) is 2.60. The highest BCUT2D eigenvalue weighted by molar-refractivity contribution is 14.1. The number of anilines is 2. The number of rotatable bonds is 6. The summed E-state index contributed by atoms with van der Waals surface area (Å²) in [6.45, 7) is 3.76. The fraction of sp³-hybridized carbons (Fsp3) is 0.222. The Labute approximate surface area is 155 Å². The largest absolute Gasteiger partial charge is 0.495 e. The molecule has 3 rings (SSSR count). The molecule has 24 heavy (non-hydrogen) atoms. The average molecular weight is 434 g/mol. The number of nitrogens with zero attached hydrogens (tertiary/aromatic N) is 2. The number of nitrogens with one attached hydrogen (secondary N) is 2. The van der Waals surface area contributed by atoms with Crippen LogP contribution in [0, 0.1) is 3.57 Å². The zero-order valence-electron chi connectivity index (χ0n) is 13.6. The molecule has 0 aliphatic heterocycles. The topological polar surface area (TPSA) is 59.1 Å².